The Kier molecular flexibility index (Phi) is 5.62. The molecule has 21 heavy (non-hydrogen) atoms. The molecule has 2 aromatic rings. The molecule has 1 heterocycles. The second-order valence-corrected chi connectivity index (χ2v) is 6.80. The van der Waals surface area contributed by atoms with E-state index in [1.165, 1.54) is 10.4 Å². The molecule has 0 fully saturated rings. The number of nitrogens with two attached hydrogens (primary N) is 1. The number of nitrogens with zero attached hydrogens (tertiary/aromatic N) is 2. The van der Waals surface area contributed by atoms with Gasteiger partial charge in [-0.25, -0.2) is 4.98 Å². The van der Waals surface area contributed by atoms with Gasteiger partial charge in [-0.2, -0.15) is 0 Å². The summed E-state index contributed by atoms with van der Waals surface area (Å²) in [6.07, 6.45) is 1.08. The molecule has 0 bridgehead atoms. The van der Waals surface area contributed by atoms with Crippen molar-refractivity contribution in [3.63, 3.8) is 0 Å². The van der Waals surface area contributed by atoms with Crippen LogP contribution in [-0.4, -0.2) is 12.0 Å². The van der Waals surface area contributed by atoms with Crippen LogP contribution in [0.4, 0.5) is 5.13 Å². The molecule has 0 saturated heterocycles. The van der Waals surface area contributed by atoms with Crippen LogP contribution < -0.4 is 10.6 Å². The van der Waals surface area contributed by atoms with Crippen molar-refractivity contribution in [1.29, 1.82) is 0 Å². The van der Waals surface area contributed by atoms with Crippen molar-refractivity contribution in [2.75, 3.05) is 11.9 Å². The molecule has 5 heteroatoms. The molecule has 1 aromatic carbocycles. The van der Waals surface area contributed by atoms with E-state index in [2.05, 4.69) is 31.9 Å². The van der Waals surface area contributed by atoms with Gasteiger partial charge in [0.2, 0.25) is 0 Å². The monoisotopic (exact) mass is 323 g/mol. The zero-order chi connectivity index (χ0) is 15.4. The van der Waals surface area contributed by atoms with E-state index in [4.69, 9.17) is 22.3 Å². The summed E-state index contributed by atoms with van der Waals surface area (Å²) in [5.74, 6) is 0.452. The standard InChI is InChI=1S/C16H22ClN3S/c1-4-11(2)15-14(9-18)21-16(19-15)20(3)10-12-6-5-7-13(17)8-12/h5-8,11H,4,9-10,18H2,1-3H3. The van der Waals surface area contributed by atoms with Crippen LogP contribution in [0.25, 0.3) is 0 Å². The highest BCUT2D eigenvalue weighted by Crippen LogP contribution is 2.32. The summed E-state index contributed by atoms with van der Waals surface area (Å²) in [7, 11) is 2.06. The maximum atomic E-state index is 6.04. The Hall–Kier alpha value is -1.10. The molecule has 0 aliphatic rings. The highest BCUT2D eigenvalue weighted by atomic mass is 35.5. The predicted octanol–water partition coefficient (Wildman–Crippen LogP) is 4.41. The van der Waals surface area contributed by atoms with E-state index in [1.807, 2.05) is 18.2 Å². The van der Waals surface area contributed by atoms with Gasteiger partial charge in [-0.1, -0.05) is 37.6 Å². The van der Waals surface area contributed by atoms with E-state index in [0.29, 0.717) is 12.5 Å². The van der Waals surface area contributed by atoms with Crippen LogP contribution in [0.3, 0.4) is 0 Å². The zero-order valence-corrected chi connectivity index (χ0v) is 14.3. The number of hydrogen-bond acceptors (Lipinski definition) is 4. The number of benzene rings is 1. The van der Waals surface area contributed by atoms with E-state index < -0.39 is 0 Å². The van der Waals surface area contributed by atoms with Gasteiger partial charge in [0, 0.05) is 30.0 Å². The lowest BCUT2D eigenvalue weighted by molar-refractivity contribution is 0.702. The topological polar surface area (TPSA) is 42.2 Å². The minimum atomic E-state index is 0.452. The fourth-order valence-corrected chi connectivity index (χ4v) is 3.45. The Bertz CT molecular complexity index is 597. The second-order valence-electron chi connectivity index (χ2n) is 5.30. The van der Waals surface area contributed by atoms with E-state index in [-0.39, 0.29) is 0 Å². The molecule has 1 unspecified atom stereocenters. The van der Waals surface area contributed by atoms with Crippen LogP contribution >= 0.6 is 22.9 Å². The maximum absolute atomic E-state index is 6.04. The second kappa shape index (κ2) is 7.25. The molecule has 0 spiro atoms. The largest absolute Gasteiger partial charge is 0.347 e. The van der Waals surface area contributed by atoms with Crippen LogP contribution in [0.2, 0.25) is 5.02 Å². The maximum Gasteiger partial charge on any atom is 0.185 e. The first-order valence-corrected chi connectivity index (χ1v) is 8.39. The highest BCUT2D eigenvalue weighted by Gasteiger charge is 2.17. The van der Waals surface area contributed by atoms with Crippen LogP contribution in [0.15, 0.2) is 24.3 Å². The molecule has 114 valence electrons. The lowest BCUT2D eigenvalue weighted by Gasteiger charge is -2.16. The summed E-state index contributed by atoms with van der Waals surface area (Å²) in [5, 5.41) is 1.79. The zero-order valence-electron chi connectivity index (χ0n) is 12.8. The fourth-order valence-electron chi connectivity index (χ4n) is 2.22. The molecule has 1 aromatic heterocycles. The highest BCUT2D eigenvalue weighted by molar-refractivity contribution is 7.15. The predicted molar refractivity (Wildman–Crippen MR) is 92.3 cm³/mol. The van der Waals surface area contributed by atoms with Crippen LogP contribution in [-0.2, 0) is 13.1 Å². The molecule has 1 atom stereocenters. The summed E-state index contributed by atoms with van der Waals surface area (Å²) >= 11 is 7.73. The Morgan fingerprint density at radius 3 is 2.81 bits per heavy atom. The molecule has 0 amide bonds. The minimum Gasteiger partial charge on any atom is -0.347 e. The van der Waals surface area contributed by atoms with E-state index >= 15 is 0 Å². The lowest BCUT2D eigenvalue weighted by Crippen LogP contribution is -2.16. The molecule has 0 radical (unpaired) electrons. The molecule has 0 aliphatic heterocycles. The number of rotatable bonds is 6. The van der Waals surface area contributed by atoms with Crippen LogP contribution in [0, 0.1) is 0 Å². The molecule has 0 aliphatic carbocycles. The molecule has 2 N–H and O–H groups in total. The van der Waals surface area contributed by atoms with Crippen molar-refractivity contribution >= 4 is 28.1 Å². The Morgan fingerprint density at radius 1 is 1.43 bits per heavy atom. The number of anilines is 1. The molecule has 3 nitrogen and oxygen atoms in total. The Balaban J connectivity index is 2.19. The Morgan fingerprint density at radius 2 is 2.19 bits per heavy atom. The average molecular weight is 324 g/mol. The van der Waals surface area contributed by atoms with Crippen LogP contribution in [0.5, 0.6) is 0 Å². The van der Waals surface area contributed by atoms with E-state index in [9.17, 15) is 0 Å². The quantitative estimate of drug-likeness (QED) is 0.856. The van der Waals surface area contributed by atoms with E-state index in [0.717, 1.165) is 28.8 Å². The summed E-state index contributed by atoms with van der Waals surface area (Å²) in [4.78, 5) is 8.15. The van der Waals surface area contributed by atoms with Crippen LogP contribution in [0.1, 0.15) is 42.3 Å². The first-order valence-electron chi connectivity index (χ1n) is 7.20. The Labute approximate surface area is 135 Å². The van der Waals surface area contributed by atoms with Gasteiger partial charge in [0.25, 0.3) is 0 Å². The van der Waals surface area contributed by atoms with Crippen molar-refractivity contribution in [2.24, 2.45) is 5.73 Å². The summed E-state index contributed by atoms with van der Waals surface area (Å²) in [6.45, 7) is 5.73. The van der Waals surface area contributed by atoms with E-state index in [1.54, 1.807) is 11.3 Å². The van der Waals surface area contributed by atoms with Crippen molar-refractivity contribution < 1.29 is 0 Å². The van der Waals surface area contributed by atoms with Gasteiger partial charge in [0.15, 0.2) is 5.13 Å². The fraction of sp³-hybridized carbons (Fsp3) is 0.438. The molecular formula is C16H22ClN3S. The average Bonchev–Trinajstić information content (AvgIpc) is 2.90. The SMILES string of the molecule is CCC(C)c1nc(N(C)Cc2cccc(Cl)c2)sc1CN. The molecular weight excluding hydrogens is 302 g/mol. The minimum absolute atomic E-state index is 0.452. The summed E-state index contributed by atoms with van der Waals surface area (Å²) < 4.78 is 0. The van der Waals surface area contributed by atoms with Gasteiger partial charge in [-0.15, -0.1) is 11.3 Å². The summed E-state index contributed by atoms with van der Waals surface area (Å²) in [6, 6.07) is 7.94. The van der Waals surface area contributed by atoms with Gasteiger partial charge < -0.3 is 10.6 Å². The van der Waals surface area contributed by atoms with Crippen molar-refractivity contribution in [2.45, 2.75) is 39.3 Å². The first-order chi connectivity index (χ1) is 10.0. The smallest absolute Gasteiger partial charge is 0.185 e. The van der Waals surface area contributed by atoms with Gasteiger partial charge in [-0.05, 0) is 30.0 Å². The number of hydrogen-bond donors (Lipinski definition) is 1. The normalized spacial score (nSPS) is 12.4. The van der Waals surface area contributed by atoms with Crippen molar-refractivity contribution in [1.82, 2.24) is 4.98 Å². The number of aromatic nitrogens is 1. The number of halogens is 1. The van der Waals surface area contributed by atoms with Gasteiger partial charge in [0.1, 0.15) is 0 Å². The molecule has 0 saturated carbocycles. The van der Waals surface area contributed by atoms with Crippen molar-refractivity contribution in [3.8, 4) is 0 Å². The van der Waals surface area contributed by atoms with Gasteiger partial charge in [0.05, 0.1) is 5.69 Å². The lowest BCUT2D eigenvalue weighted by atomic mass is 10.0. The third-order valence-electron chi connectivity index (χ3n) is 3.62. The van der Waals surface area contributed by atoms with Crippen molar-refractivity contribution in [3.05, 3.63) is 45.4 Å². The summed E-state index contributed by atoms with van der Waals surface area (Å²) in [5.41, 5.74) is 8.19. The van der Waals surface area contributed by atoms with Gasteiger partial charge in [-0.3, -0.25) is 0 Å². The number of thiazole rings is 1. The first kappa shape index (κ1) is 16.3. The van der Waals surface area contributed by atoms with Gasteiger partial charge >= 0.3 is 0 Å². The molecule has 2 rings (SSSR count). The third-order valence-corrected chi connectivity index (χ3v) is 5.06. The third kappa shape index (κ3) is 3.96.